The molecule has 1 aliphatic heterocycles. The third kappa shape index (κ3) is 7.00. The average Bonchev–Trinajstić information content (AvgIpc) is 3.31. The standard InChI is InChI=1S/C14H16F3N5.C2HF3O2/c15-14(16,17)12-3-1-10(2-4-12)5-7-22-8-6-11(9-22)13-18-20-21-19-13;3-2(4,5)1(6)7/h1-4,11H,5-9H2,(H,18,19,20,21);(H,6,7). The largest absolute Gasteiger partial charge is 0.490 e. The summed E-state index contributed by atoms with van der Waals surface area (Å²) in [6.45, 7) is 2.62. The van der Waals surface area contributed by atoms with Crippen molar-refractivity contribution in [3.8, 4) is 0 Å². The Bertz CT molecular complexity index is 777. The zero-order valence-electron chi connectivity index (χ0n) is 14.8. The van der Waals surface area contributed by atoms with Crippen LogP contribution in [-0.4, -0.2) is 62.4 Å². The normalized spacial score (nSPS) is 17.7. The van der Waals surface area contributed by atoms with E-state index in [9.17, 15) is 26.3 Å². The number of aromatic nitrogens is 4. The van der Waals surface area contributed by atoms with E-state index in [2.05, 4.69) is 25.5 Å². The summed E-state index contributed by atoms with van der Waals surface area (Å²) in [5.74, 6) is -1.74. The molecule has 1 atom stereocenters. The number of carbonyl (C=O) groups is 1. The van der Waals surface area contributed by atoms with E-state index in [-0.39, 0.29) is 5.92 Å². The van der Waals surface area contributed by atoms with Gasteiger partial charge in [-0.05, 0) is 37.1 Å². The van der Waals surface area contributed by atoms with Gasteiger partial charge in [0, 0.05) is 19.0 Å². The minimum atomic E-state index is -5.08. The smallest absolute Gasteiger partial charge is 0.475 e. The van der Waals surface area contributed by atoms with Crippen molar-refractivity contribution in [2.75, 3.05) is 19.6 Å². The van der Waals surface area contributed by atoms with Crippen LogP contribution in [0.2, 0.25) is 0 Å². The van der Waals surface area contributed by atoms with Crippen molar-refractivity contribution in [1.82, 2.24) is 25.5 Å². The van der Waals surface area contributed by atoms with E-state index in [1.165, 1.54) is 0 Å². The number of aromatic amines is 1. The van der Waals surface area contributed by atoms with E-state index >= 15 is 0 Å². The number of halogens is 6. The lowest BCUT2D eigenvalue weighted by Gasteiger charge is -2.15. The van der Waals surface area contributed by atoms with Crippen molar-refractivity contribution < 1.29 is 36.2 Å². The SMILES string of the molecule is FC(F)(F)c1ccc(CCN2CCC(c3nn[nH]n3)C2)cc1.O=C(O)C(F)(F)F. The van der Waals surface area contributed by atoms with Crippen molar-refractivity contribution in [2.45, 2.75) is 31.1 Å². The number of carboxylic acid groups (broad SMARTS) is 1. The van der Waals surface area contributed by atoms with Gasteiger partial charge in [-0.1, -0.05) is 17.3 Å². The van der Waals surface area contributed by atoms with Gasteiger partial charge in [0.05, 0.1) is 5.56 Å². The topological polar surface area (TPSA) is 95.0 Å². The van der Waals surface area contributed by atoms with E-state index in [1.54, 1.807) is 12.1 Å². The van der Waals surface area contributed by atoms with E-state index < -0.39 is 23.9 Å². The molecule has 1 fully saturated rings. The number of rotatable bonds is 4. The lowest BCUT2D eigenvalue weighted by atomic mass is 10.1. The van der Waals surface area contributed by atoms with Gasteiger partial charge in [-0.15, -0.1) is 10.2 Å². The summed E-state index contributed by atoms with van der Waals surface area (Å²) in [5.41, 5.74) is 0.311. The van der Waals surface area contributed by atoms with Crippen LogP contribution in [0, 0.1) is 0 Å². The van der Waals surface area contributed by atoms with E-state index in [0.717, 1.165) is 56.0 Å². The number of nitrogens with one attached hydrogen (secondary N) is 1. The number of nitrogens with zero attached hydrogens (tertiary/aromatic N) is 4. The van der Waals surface area contributed by atoms with Gasteiger partial charge in [0.2, 0.25) is 0 Å². The van der Waals surface area contributed by atoms with Crippen molar-refractivity contribution >= 4 is 5.97 Å². The fourth-order valence-electron chi connectivity index (χ4n) is 2.74. The van der Waals surface area contributed by atoms with Crippen molar-refractivity contribution in [2.24, 2.45) is 0 Å². The van der Waals surface area contributed by atoms with Gasteiger partial charge in [-0.2, -0.15) is 31.6 Å². The molecule has 0 radical (unpaired) electrons. The summed E-state index contributed by atoms with van der Waals surface area (Å²) >= 11 is 0. The first-order valence-corrected chi connectivity index (χ1v) is 8.38. The predicted molar refractivity (Wildman–Crippen MR) is 86.8 cm³/mol. The highest BCUT2D eigenvalue weighted by atomic mass is 19.4. The molecule has 1 saturated heterocycles. The molecular weight excluding hydrogens is 408 g/mol. The number of hydrogen-bond donors (Lipinski definition) is 2. The number of aliphatic carboxylic acids is 1. The number of hydrogen-bond acceptors (Lipinski definition) is 5. The van der Waals surface area contributed by atoms with E-state index in [1.807, 2.05) is 0 Å². The van der Waals surface area contributed by atoms with Gasteiger partial charge < -0.3 is 10.0 Å². The number of alkyl halides is 6. The quantitative estimate of drug-likeness (QED) is 0.732. The Kier molecular flexibility index (Phi) is 7.16. The van der Waals surface area contributed by atoms with Crippen LogP contribution in [0.4, 0.5) is 26.3 Å². The average molecular weight is 425 g/mol. The minimum Gasteiger partial charge on any atom is -0.475 e. The van der Waals surface area contributed by atoms with Crippen molar-refractivity contribution in [3.05, 3.63) is 41.2 Å². The maximum Gasteiger partial charge on any atom is 0.490 e. The van der Waals surface area contributed by atoms with Crippen molar-refractivity contribution in [1.29, 1.82) is 0 Å². The number of likely N-dealkylation sites (tertiary alicyclic amines) is 1. The Morgan fingerprint density at radius 2 is 1.79 bits per heavy atom. The summed E-state index contributed by atoms with van der Waals surface area (Å²) in [4.78, 5) is 11.2. The molecule has 0 saturated carbocycles. The molecule has 1 unspecified atom stereocenters. The van der Waals surface area contributed by atoms with Gasteiger partial charge in [0.1, 0.15) is 0 Å². The fraction of sp³-hybridized carbons (Fsp3) is 0.500. The molecule has 1 aromatic carbocycles. The Morgan fingerprint density at radius 1 is 1.17 bits per heavy atom. The van der Waals surface area contributed by atoms with Crippen LogP contribution in [0.1, 0.15) is 29.3 Å². The predicted octanol–water partition coefficient (Wildman–Crippen LogP) is 2.88. The molecule has 1 aromatic heterocycles. The molecule has 3 rings (SSSR count). The second kappa shape index (κ2) is 9.20. The molecule has 0 aliphatic carbocycles. The van der Waals surface area contributed by atoms with Crippen LogP contribution in [0.3, 0.4) is 0 Å². The Labute approximate surface area is 160 Å². The van der Waals surface area contributed by atoms with Crippen LogP contribution in [-0.2, 0) is 17.4 Å². The van der Waals surface area contributed by atoms with E-state index in [0.29, 0.717) is 0 Å². The van der Waals surface area contributed by atoms with Gasteiger partial charge in [0.15, 0.2) is 5.82 Å². The molecule has 2 aromatic rings. The summed E-state index contributed by atoms with van der Waals surface area (Å²) in [6.07, 6.45) is -7.64. The summed E-state index contributed by atoms with van der Waals surface area (Å²) in [5, 5.41) is 21.2. The van der Waals surface area contributed by atoms with Gasteiger partial charge in [0.25, 0.3) is 0 Å². The number of benzene rings is 1. The van der Waals surface area contributed by atoms with Crippen LogP contribution in [0.15, 0.2) is 24.3 Å². The highest BCUT2D eigenvalue weighted by molar-refractivity contribution is 5.73. The number of tetrazole rings is 1. The molecule has 0 bridgehead atoms. The molecule has 13 heteroatoms. The molecule has 2 N–H and O–H groups in total. The lowest BCUT2D eigenvalue weighted by molar-refractivity contribution is -0.192. The maximum absolute atomic E-state index is 12.5. The maximum atomic E-state index is 12.5. The first-order chi connectivity index (χ1) is 13.5. The zero-order valence-corrected chi connectivity index (χ0v) is 14.8. The molecule has 0 amide bonds. The highest BCUT2D eigenvalue weighted by Gasteiger charge is 2.38. The number of H-pyrrole nitrogens is 1. The first kappa shape index (κ1) is 22.6. The summed E-state index contributed by atoms with van der Waals surface area (Å²) in [6, 6.07) is 5.38. The molecule has 1 aliphatic rings. The third-order valence-electron chi connectivity index (χ3n) is 4.24. The van der Waals surface area contributed by atoms with Crippen molar-refractivity contribution in [3.63, 3.8) is 0 Å². The second-order valence-electron chi connectivity index (χ2n) is 6.30. The number of carboxylic acids is 1. The van der Waals surface area contributed by atoms with E-state index in [4.69, 9.17) is 9.90 Å². The third-order valence-corrected chi connectivity index (χ3v) is 4.24. The second-order valence-corrected chi connectivity index (χ2v) is 6.30. The Morgan fingerprint density at radius 3 is 2.28 bits per heavy atom. The monoisotopic (exact) mass is 425 g/mol. The first-order valence-electron chi connectivity index (χ1n) is 8.38. The lowest BCUT2D eigenvalue weighted by Crippen LogP contribution is -2.23. The fourth-order valence-corrected chi connectivity index (χ4v) is 2.74. The van der Waals surface area contributed by atoms with Gasteiger partial charge >= 0.3 is 18.3 Å². The highest BCUT2D eigenvalue weighted by Crippen LogP contribution is 2.29. The minimum absolute atomic E-state index is 0.284. The van der Waals surface area contributed by atoms with Gasteiger partial charge in [-0.25, -0.2) is 4.79 Å². The molecular formula is C16H17F6N5O2. The molecule has 29 heavy (non-hydrogen) atoms. The summed E-state index contributed by atoms with van der Waals surface area (Å²) in [7, 11) is 0. The molecule has 0 spiro atoms. The molecule has 7 nitrogen and oxygen atoms in total. The molecule has 160 valence electrons. The summed E-state index contributed by atoms with van der Waals surface area (Å²) < 4.78 is 69.2. The zero-order chi connectivity index (χ0) is 21.7. The van der Waals surface area contributed by atoms with Crippen LogP contribution >= 0.6 is 0 Å². The molecule has 2 heterocycles. The van der Waals surface area contributed by atoms with Crippen LogP contribution in [0.5, 0.6) is 0 Å². The Hall–Kier alpha value is -2.70. The van der Waals surface area contributed by atoms with Crippen LogP contribution in [0.25, 0.3) is 0 Å². The van der Waals surface area contributed by atoms with Crippen LogP contribution < -0.4 is 0 Å². The Balaban J connectivity index is 0.000000370. The van der Waals surface area contributed by atoms with Gasteiger partial charge in [-0.3, -0.25) is 0 Å².